The normalized spacial score (nSPS) is 13.8. The molecule has 0 heterocycles. The summed E-state index contributed by atoms with van der Waals surface area (Å²) < 4.78 is 2.16. The molecule has 0 saturated heterocycles. The van der Waals surface area contributed by atoms with Gasteiger partial charge in [0, 0.05) is 24.8 Å². The third-order valence-corrected chi connectivity index (χ3v) is 3.88. The number of hydrogen-bond acceptors (Lipinski definition) is 1. The second-order valence-electron chi connectivity index (χ2n) is 5.60. The monoisotopic (exact) mass is 282 g/mol. The van der Waals surface area contributed by atoms with E-state index in [1.165, 1.54) is 56.2 Å². The van der Waals surface area contributed by atoms with Crippen LogP contribution in [0.15, 0.2) is 12.2 Å². The van der Waals surface area contributed by atoms with Crippen molar-refractivity contribution in [3.63, 3.8) is 0 Å². The predicted molar refractivity (Wildman–Crippen MR) is 89.5 cm³/mol. The van der Waals surface area contributed by atoms with Gasteiger partial charge in [-0.3, -0.25) is 4.84 Å². The van der Waals surface area contributed by atoms with Crippen molar-refractivity contribution in [3.05, 3.63) is 12.2 Å². The highest BCUT2D eigenvalue weighted by atomic mass is 16.7. The van der Waals surface area contributed by atoms with Gasteiger partial charge in [-0.15, -0.1) is 0 Å². The molecule has 0 radical (unpaired) electrons. The Morgan fingerprint density at radius 1 is 1.00 bits per heavy atom. The lowest BCUT2D eigenvalue weighted by molar-refractivity contribution is -0.805. The van der Waals surface area contributed by atoms with Crippen LogP contribution < -0.4 is 0 Å². The van der Waals surface area contributed by atoms with Crippen LogP contribution >= 0.6 is 0 Å². The molecular formula is C18H36NO+. The molecule has 0 spiro atoms. The van der Waals surface area contributed by atoms with Crippen LogP contribution in [-0.2, 0) is 4.84 Å². The standard InChI is InChI=1S/C18H36NO/c1-7-11-14-16(5)18(10-4)19(20-6)17(13-9-3)15-12-8-2/h17H,5,7-15H2,1-4,6H3/q+1/b19-18-. The average Bonchev–Trinajstić information content (AvgIpc) is 2.46. The summed E-state index contributed by atoms with van der Waals surface area (Å²) in [5.41, 5.74) is 2.56. The average molecular weight is 282 g/mol. The molecule has 0 aliphatic heterocycles. The summed E-state index contributed by atoms with van der Waals surface area (Å²) in [6, 6.07) is 0.498. The van der Waals surface area contributed by atoms with Gasteiger partial charge in [0.15, 0.2) is 0 Å². The van der Waals surface area contributed by atoms with E-state index in [-0.39, 0.29) is 0 Å². The molecule has 0 saturated carbocycles. The molecule has 0 N–H and O–H groups in total. The summed E-state index contributed by atoms with van der Waals surface area (Å²) >= 11 is 0. The highest BCUT2D eigenvalue weighted by Crippen LogP contribution is 2.16. The third-order valence-electron chi connectivity index (χ3n) is 3.88. The maximum atomic E-state index is 5.75. The molecule has 20 heavy (non-hydrogen) atoms. The minimum Gasteiger partial charge on any atom is -0.280 e. The molecule has 0 aromatic heterocycles. The smallest absolute Gasteiger partial charge is 0.230 e. The fraction of sp³-hybridized carbons (Fsp3) is 0.833. The first-order chi connectivity index (χ1) is 9.65. The minimum atomic E-state index is 0.498. The first-order valence-electron chi connectivity index (χ1n) is 8.53. The Morgan fingerprint density at radius 3 is 2.10 bits per heavy atom. The van der Waals surface area contributed by atoms with E-state index < -0.39 is 0 Å². The van der Waals surface area contributed by atoms with Gasteiger partial charge in [0.25, 0.3) is 0 Å². The second kappa shape index (κ2) is 12.0. The van der Waals surface area contributed by atoms with Crippen LogP contribution in [0.1, 0.15) is 85.5 Å². The Bertz CT molecular complexity index is 294. The lowest BCUT2D eigenvalue weighted by Crippen LogP contribution is -2.32. The molecule has 2 heteroatoms. The van der Waals surface area contributed by atoms with Gasteiger partial charge in [0.2, 0.25) is 11.8 Å². The van der Waals surface area contributed by atoms with Gasteiger partial charge < -0.3 is 0 Å². The number of unbranched alkanes of at least 4 members (excludes halogenated alkanes) is 2. The van der Waals surface area contributed by atoms with Crippen LogP contribution in [0.3, 0.4) is 0 Å². The first kappa shape index (κ1) is 19.2. The van der Waals surface area contributed by atoms with Gasteiger partial charge in [0.1, 0.15) is 7.11 Å². The van der Waals surface area contributed by atoms with Gasteiger partial charge in [-0.25, -0.2) is 0 Å². The van der Waals surface area contributed by atoms with E-state index in [0.717, 1.165) is 12.8 Å². The lowest BCUT2D eigenvalue weighted by Gasteiger charge is -2.16. The maximum absolute atomic E-state index is 5.75. The molecule has 118 valence electrons. The molecule has 0 aromatic rings. The minimum absolute atomic E-state index is 0.498. The van der Waals surface area contributed by atoms with E-state index in [1.54, 1.807) is 7.11 Å². The van der Waals surface area contributed by atoms with Crippen molar-refractivity contribution in [2.75, 3.05) is 7.11 Å². The van der Waals surface area contributed by atoms with Gasteiger partial charge in [-0.2, -0.15) is 0 Å². The van der Waals surface area contributed by atoms with Crippen LogP contribution in [0.25, 0.3) is 0 Å². The van der Waals surface area contributed by atoms with Crippen molar-refractivity contribution in [2.45, 2.75) is 91.5 Å². The number of hydrogen-bond donors (Lipinski definition) is 0. The van der Waals surface area contributed by atoms with E-state index in [9.17, 15) is 0 Å². The van der Waals surface area contributed by atoms with Crippen molar-refractivity contribution in [1.82, 2.24) is 0 Å². The number of rotatable bonds is 12. The first-order valence-corrected chi connectivity index (χ1v) is 8.53. The molecule has 1 unspecified atom stereocenters. The van der Waals surface area contributed by atoms with E-state index in [2.05, 4.69) is 39.0 Å². The SMILES string of the molecule is C=C(CCCC)/C(CC)=[N+](\OC)C(CCC)CCCC. The summed E-state index contributed by atoms with van der Waals surface area (Å²) in [6.07, 6.45) is 10.6. The van der Waals surface area contributed by atoms with Crippen molar-refractivity contribution >= 4 is 5.71 Å². The highest BCUT2D eigenvalue weighted by molar-refractivity contribution is 5.95. The molecule has 0 amide bonds. The third kappa shape index (κ3) is 6.58. The van der Waals surface area contributed by atoms with Crippen molar-refractivity contribution < 1.29 is 9.58 Å². The summed E-state index contributed by atoms with van der Waals surface area (Å²) in [6.45, 7) is 13.2. The molecular weight excluding hydrogens is 246 g/mol. The van der Waals surface area contributed by atoms with Crippen LogP contribution in [0, 0.1) is 0 Å². The zero-order chi connectivity index (χ0) is 15.4. The van der Waals surface area contributed by atoms with Gasteiger partial charge in [-0.05, 0) is 30.4 Å². The molecule has 2 nitrogen and oxygen atoms in total. The molecule has 0 bridgehead atoms. The molecule has 0 rings (SSSR count). The van der Waals surface area contributed by atoms with E-state index >= 15 is 0 Å². The Hall–Kier alpha value is -0.790. The largest absolute Gasteiger partial charge is 0.280 e. The lowest BCUT2D eigenvalue weighted by atomic mass is 10.0. The summed E-state index contributed by atoms with van der Waals surface area (Å²) in [4.78, 5) is 5.75. The summed E-state index contributed by atoms with van der Waals surface area (Å²) in [5.74, 6) is 0. The predicted octanol–water partition coefficient (Wildman–Crippen LogP) is 5.52. The highest BCUT2D eigenvalue weighted by Gasteiger charge is 2.27. The summed E-state index contributed by atoms with van der Waals surface area (Å²) in [7, 11) is 1.80. The zero-order valence-electron chi connectivity index (χ0n) is 14.5. The van der Waals surface area contributed by atoms with Crippen LogP contribution in [-0.4, -0.2) is 23.6 Å². The van der Waals surface area contributed by atoms with Gasteiger partial charge in [-0.1, -0.05) is 47.1 Å². The maximum Gasteiger partial charge on any atom is 0.230 e. The van der Waals surface area contributed by atoms with E-state index in [4.69, 9.17) is 4.84 Å². The Labute approximate surface area is 126 Å². The summed E-state index contributed by atoms with van der Waals surface area (Å²) in [5, 5.41) is 0. The number of nitrogens with zero attached hydrogens (tertiary/aromatic N) is 1. The quantitative estimate of drug-likeness (QED) is 0.261. The van der Waals surface area contributed by atoms with Crippen LogP contribution in [0.5, 0.6) is 0 Å². The van der Waals surface area contributed by atoms with Gasteiger partial charge >= 0.3 is 0 Å². The fourth-order valence-corrected chi connectivity index (χ4v) is 2.73. The Kier molecular flexibility index (Phi) is 11.5. The van der Waals surface area contributed by atoms with E-state index in [1.807, 2.05) is 0 Å². The fourth-order valence-electron chi connectivity index (χ4n) is 2.73. The Balaban J connectivity index is 5.14. The molecule has 0 aliphatic carbocycles. The molecule has 0 aliphatic rings. The van der Waals surface area contributed by atoms with Gasteiger partial charge in [0.05, 0.1) is 0 Å². The van der Waals surface area contributed by atoms with Crippen molar-refractivity contribution in [2.24, 2.45) is 0 Å². The molecule has 0 fully saturated rings. The second-order valence-corrected chi connectivity index (χ2v) is 5.60. The zero-order valence-corrected chi connectivity index (χ0v) is 14.5. The van der Waals surface area contributed by atoms with Crippen molar-refractivity contribution in [3.8, 4) is 0 Å². The Morgan fingerprint density at radius 2 is 1.65 bits per heavy atom. The number of hydroxylamine groups is 1. The van der Waals surface area contributed by atoms with E-state index in [0.29, 0.717) is 6.04 Å². The topological polar surface area (TPSA) is 12.2 Å². The van der Waals surface area contributed by atoms with Crippen molar-refractivity contribution in [1.29, 1.82) is 0 Å². The van der Waals surface area contributed by atoms with Crippen LogP contribution in [0.4, 0.5) is 0 Å². The molecule has 1 atom stereocenters. The molecule has 0 aromatic carbocycles. The number of allylic oxidation sites excluding steroid dienone is 1. The van der Waals surface area contributed by atoms with Crippen LogP contribution in [0.2, 0.25) is 0 Å².